The van der Waals surface area contributed by atoms with Gasteiger partial charge in [-0.25, -0.2) is 14.8 Å². The zero-order chi connectivity index (χ0) is 33.0. The van der Waals surface area contributed by atoms with E-state index in [1.165, 1.54) is 0 Å². The number of nitrogens with zero attached hydrogens (tertiary/aromatic N) is 3. The number of carbonyl (C=O) groups excluding carboxylic acids is 5. The van der Waals surface area contributed by atoms with Gasteiger partial charge in [0.2, 0.25) is 11.8 Å². The first-order chi connectivity index (χ1) is 21.9. The molecule has 2 aromatic carbocycles. The van der Waals surface area contributed by atoms with E-state index < -0.39 is 41.4 Å². The first-order valence-electron chi connectivity index (χ1n) is 15.0. The molecule has 5 amide bonds. The topological polar surface area (TPSA) is 169 Å². The van der Waals surface area contributed by atoms with Crippen LogP contribution in [0.4, 0.5) is 10.5 Å². The molecule has 0 bridgehead atoms. The standard InChI is InChI=1S/C33H36N6O7/c1-19(37-32(44)46-33(2,3)4)20-9-11-21(12-10-20)28-35-17-22(18-36-28)45-16-6-15-34-24-8-5-7-23-27(24)31(43)39(30(23)42)25-13-14-26(40)38-29(25)41/h5,7-12,17-19,25,34H,6,13-16H2,1-4H3,(H,37,44)(H,38,40,41)/t19-,25?/m0/s1. The number of alkyl carbamates (subject to hydrolysis) is 1. The third-order valence-corrected chi connectivity index (χ3v) is 7.40. The van der Waals surface area contributed by atoms with Crippen LogP contribution in [0, 0.1) is 0 Å². The molecule has 5 rings (SSSR count). The Labute approximate surface area is 266 Å². The minimum absolute atomic E-state index is 0.0613. The Bertz CT molecular complexity index is 1650. The van der Waals surface area contributed by atoms with Crippen molar-refractivity contribution in [3.05, 3.63) is 71.5 Å². The van der Waals surface area contributed by atoms with Crippen LogP contribution in [-0.4, -0.2) is 69.4 Å². The van der Waals surface area contributed by atoms with E-state index >= 15 is 0 Å². The summed E-state index contributed by atoms with van der Waals surface area (Å²) in [6.45, 7) is 8.11. The summed E-state index contributed by atoms with van der Waals surface area (Å²) in [6.07, 6.45) is 3.43. The Morgan fingerprint density at radius 3 is 2.43 bits per heavy atom. The monoisotopic (exact) mass is 628 g/mol. The van der Waals surface area contributed by atoms with E-state index in [1.54, 1.807) is 30.6 Å². The SMILES string of the molecule is C[C@H](NC(=O)OC(C)(C)C)c1ccc(-c2ncc(OCCCNc3cccc4c3C(=O)N(C3CCC(=O)NC3=O)C4=O)cn2)cc1. The Morgan fingerprint density at radius 1 is 1.04 bits per heavy atom. The molecule has 46 heavy (non-hydrogen) atoms. The van der Waals surface area contributed by atoms with Crippen LogP contribution in [0.15, 0.2) is 54.9 Å². The molecule has 240 valence electrons. The second-order valence-electron chi connectivity index (χ2n) is 12.0. The van der Waals surface area contributed by atoms with Gasteiger partial charge in [0.05, 0.1) is 36.2 Å². The molecule has 1 fully saturated rings. The van der Waals surface area contributed by atoms with Crippen molar-refractivity contribution >= 4 is 35.4 Å². The number of ether oxygens (including phenoxy) is 2. The number of carbonyl (C=O) groups is 5. The number of piperidine rings is 1. The van der Waals surface area contributed by atoms with Gasteiger partial charge in [0.15, 0.2) is 11.6 Å². The Balaban J connectivity index is 1.10. The first kappa shape index (κ1) is 32.1. The molecule has 0 saturated carbocycles. The van der Waals surface area contributed by atoms with E-state index in [0.717, 1.165) is 16.0 Å². The summed E-state index contributed by atoms with van der Waals surface area (Å²) >= 11 is 0. The fourth-order valence-electron chi connectivity index (χ4n) is 5.18. The second kappa shape index (κ2) is 13.3. The fraction of sp³-hybridized carbons (Fsp3) is 0.364. The normalized spacial score (nSPS) is 16.9. The van der Waals surface area contributed by atoms with E-state index in [9.17, 15) is 24.0 Å². The molecule has 0 spiro atoms. The minimum Gasteiger partial charge on any atom is -0.490 e. The van der Waals surface area contributed by atoms with Crippen LogP contribution in [0.5, 0.6) is 5.75 Å². The van der Waals surface area contributed by atoms with Crippen molar-refractivity contribution in [3.8, 4) is 17.1 Å². The Hall–Kier alpha value is -5.33. The lowest BCUT2D eigenvalue weighted by Crippen LogP contribution is -2.54. The van der Waals surface area contributed by atoms with Crippen molar-refractivity contribution in [1.29, 1.82) is 0 Å². The lowest BCUT2D eigenvalue weighted by molar-refractivity contribution is -0.136. The molecule has 13 nitrogen and oxygen atoms in total. The molecular formula is C33H36N6O7. The highest BCUT2D eigenvalue weighted by Crippen LogP contribution is 2.32. The molecule has 0 aliphatic carbocycles. The molecular weight excluding hydrogens is 592 g/mol. The smallest absolute Gasteiger partial charge is 0.408 e. The molecule has 3 N–H and O–H groups in total. The number of nitrogens with one attached hydrogen (secondary N) is 3. The highest BCUT2D eigenvalue weighted by atomic mass is 16.6. The number of hydrogen-bond donors (Lipinski definition) is 3. The van der Waals surface area contributed by atoms with Crippen LogP contribution in [0.1, 0.15) is 79.3 Å². The van der Waals surface area contributed by atoms with Crippen LogP contribution >= 0.6 is 0 Å². The van der Waals surface area contributed by atoms with Crippen molar-refractivity contribution in [2.75, 3.05) is 18.5 Å². The molecule has 2 aliphatic heterocycles. The van der Waals surface area contributed by atoms with Gasteiger partial charge in [-0.3, -0.25) is 29.4 Å². The zero-order valence-corrected chi connectivity index (χ0v) is 26.1. The van der Waals surface area contributed by atoms with E-state index in [-0.39, 0.29) is 30.0 Å². The van der Waals surface area contributed by atoms with Crippen molar-refractivity contribution in [1.82, 2.24) is 25.5 Å². The molecule has 3 aromatic rings. The maximum Gasteiger partial charge on any atom is 0.408 e. The number of aromatic nitrogens is 2. The van der Waals surface area contributed by atoms with Crippen molar-refractivity contribution < 1.29 is 33.4 Å². The van der Waals surface area contributed by atoms with E-state index in [4.69, 9.17) is 9.47 Å². The fourth-order valence-corrected chi connectivity index (χ4v) is 5.18. The van der Waals surface area contributed by atoms with Gasteiger partial charge in [0.1, 0.15) is 11.6 Å². The van der Waals surface area contributed by atoms with Crippen LogP contribution in [-0.2, 0) is 14.3 Å². The first-order valence-corrected chi connectivity index (χ1v) is 15.0. The van der Waals surface area contributed by atoms with Crippen LogP contribution < -0.4 is 20.7 Å². The largest absolute Gasteiger partial charge is 0.490 e. The lowest BCUT2D eigenvalue weighted by Gasteiger charge is -2.27. The van der Waals surface area contributed by atoms with Gasteiger partial charge < -0.3 is 20.1 Å². The molecule has 13 heteroatoms. The molecule has 3 heterocycles. The van der Waals surface area contributed by atoms with Gasteiger partial charge in [-0.15, -0.1) is 0 Å². The van der Waals surface area contributed by atoms with Gasteiger partial charge >= 0.3 is 6.09 Å². The third-order valence-electron chi connectivity index (χ3n) is 7.40. The number of benzene rings is 2. The summed E-state index contributed by atoms with van der Waals surface area (Å²) in [5.74, 6) is -1.16. The Morgan fingerprint density at radius 2 is 1.76 bits per heavy atom. The number of imide groups is 2. The summed E-state index contributed by atoms with van der Waals surface area (Å²) in [5.41, 5.74) is 2.06. The molecule has 1 aromatic heterocycles. The second-order valence-corrected chi connectivity index (χ2v) is 12.0. The summed E-state index contributed by atoms with van der Waals surface area (Å²) in [7, 11) is 0. The summed E-state index contributed by atoms with van der Waals surface area (Å²) in [4.78, 5) is 71.9. The van der Waals surface area contributed by atoms with Crippen molar-refractivity contribution in [2.24, 2.45) is 0 Å². The number of hydrogen-bond acceptors (Lipinski definition) is 10. The molecule has 1 saturated heterocycles. The highest BCUT2D eigenvalue weighted by Gasteiger charge is 2.45. The van der Waals surface area contributed by atoms with Gasteiger partial charge in [-0.1, -0.05) is 30.3 Å². The number of rotatable bonds is 10. The average molecular weight is 629 g/mol. The minimum atomic E-state index is -1.02. The number of amides is 5. The number of anilines is 1. The molecule has 1 unspecified atom stereocenters. The van der Waals surface area contributed by atoms with E-state index in [0.29, 0.717) is 36.8 Å². The maximum atomic E-state index is 13.2. The van der Waals surface area contributed by atoms with Crippen molar-refractivity contribution in [3.63, 3.8) is 0 Å². The average Bonchev–Trinajstić information content (AvgIpc) is 3.26. The predicted octanol–water partition coefficient (Wildman–Crippen LogP) is 4.01. The van der Waals surface area contributed by atoms with E-state index in [2.05, 4.69) is 25.9 Å². The predicted molar refractivity (Wildman–Crippen MR) is 167 cm³/mol. The van der Waals surface area contributed by atoms with Crippen molar-refractivity contribution in [2.45, 2.75) is 64.6 Å². The molecule has 0 radical (unpaired) electrons. The summed E-state index contributed by atoms with van der Waals surface area (Å²) in [5, 5.41) is 8.21. The van der Waals surface area contributed by atoms with Gasteiger partial charge in [-0.2, -0.15) is 0 Å². The van der Waals surface area contributed by atoms with Gasteiger partial charge in [0, 0.05) is 24.2 Å². The van der Waals surface area contributed by atoms with Gasteiger partial charge in [-0.05, 0) is 58.2 Å². The quantitative estimate of drug-likeness (QED) is 0.220. The van der Waals surface area contributed by atoms with Crippen LogP contribution in [0.3, 0.4) is 0 Å². The van der Waals surface area contributed by atoms with Gasteiger partial charge in [0.25, 0.3) is 11.8 Å². The third kappa shape index (κ3) is 7.31. The Kier molecular flexibility index (Phi) is 9.31. The summed E-state index contributed by atoms with van der Waals surface area (Å²) < 4.78 is 11.1. The lowest BCUT2D eigenvalue weighted by atomic mass is 10.0. The molecule has 2 atom stereocenters. The highest BCUT2D eigenvalue weighted by molar-refractivity contribution is 6.25. The summed E-state index contributed by atoms with van der Waals surface area (Å²) in [6, 6.07) is 11.2. The van der Waals surface area contributed by atoms with Crippen LogP contribution in [0.2, 0.25) is 0 Å². The van der Waals surface area contributed by atoms with E-state index in [1.807, 2.05) is 52.0 Å². The zero-order valence-electron chi connectivity index (χ0n) is 26.1. The maximum absolute atomic E-state index is 13.2. The molecule has 2 aliphatic rings. The number of fused-ring (bicyclic) bond motifs is 1. The van der Waals surface area contributed by atoms with Crippen LogP contribution in [0.25, 0.3) is 11.4 Å².